The molecule has 0 fully saturated rings. The number of carboxylic acids is 1. The van der Waals surface area contributed by atoms with E-state index < -0.39 is 18.0 Å². The van der Waals surface area contributed by atoms with Crippen molar-refractivity contribution in [2.75, 3.05) is 27.7 Å². The molecule has 0 aliphatic carbocycles. The van der Waals surface area contributed by atoms with Gasteiger partial charge in [0.25, 0.3) is 0 Å². The van der Waals surface area contributed by atoms with E-state index in [2.05, 4.69) is 20.8 Å². The molecule has 136 valence electrons. The maximum Gasteiger partial charge on any atom is 0.177 e. The molecule has 0 bridgehead atoms. The smallest absolute Gasteiger partial charge is 0.177 e. The molecule has 0 saturated carbocycles. The quantitative estimate of drug-likeness (QED) is 0.549. The monoisotopic (exact) mass is 329 g/mol. The molecule has 23 heavy (non-hydrogen) atoms. The summed E-state index contributed by atoms with van der Waals surface area (Å²) in [7, 11) is 5.46. The van der Waals surface area contributed by atoms with Crippen LogP contribution < -0.4 is 5.11 Å². The Balaban J connectivity index is 4.57. The lowest BCUT2D eigenvalue weighted by Crippen LogP contribution is -2.56. The molecule has 5 nitrogen and oxygen atoms in total. The Morgan fingerprint density at radius 3 is 2.09 bits per heavy atom. The van der Waals surface area contributed by atoms with Crippen molar-refractivity contribution in [2.24, 2.45) is 11.8 Å². The second-order valence-electron chi connectivity index (χ2n) is 8.42. The molecule has 1 N–H and O–H groups in total. The van der Waals surface area contributed by atoms with Crippen molar-refractivity contribution < 1.29 is 24.3 Å². The molecule has 0 aliphatic heterocycles. The van der Waals surface area contributed by atoms with Gasteiger partial charge in [-0.3, -0.25) is 4.79 Å². The van der Waals surface area contributed by atoms with Gasteiger partial charge in [0, 0.05) is 18.8 Å². The molecular weight excluding hydrogens is 294 g/mol. The Morgan fingerprint density at radius 1 is 1.09 bits per heavy atom. The molecule has 0 radical (unpaired) electrons. The fraction of sp³-hybridized carbons (Fsp3) is 0.889. The lowest BCUT2D eigenvalue weighted by Gasteiger charge is -2.35. The number of Topliss-reactive ketones (excluding diaryl/α,β-unsaturated/α-hetero) is 1. The number of hydrogen-bond donors (Lipinski definition) is 1. The Morgan fingerprint density at radius 2 is 1.65 bits per heavy atom. The van der Waals surface area contributed by atoms with Gasteiger partial charge in [0.05, 0.1) is 21.1 Å². The molecule has 0 rings (SSSR count). The van der Waals surface area contributed by atoms with Crippen LogP contribution in [0.5, 0.6) is 0 Å². The van der Waals surface area contributed by atoms with Crippen LogP contribution in [0.15, 0.2) is 0 Å². The maximum absolute atomic E-state index is 12.4. The third-order valence-electron chi connectivity index (χ3n) is 4.03. The first-order valence-corrected chi connectivity index (χ1v) is 8.61. The van der Waals surface area contributed by atoms with Crippen molar-refractivity contribution in [3.05, 3.63) is 0 Å². The van der Waals surface area contributed by atoms with E-state index in [4.69, 9.17) is 0 Å². The van der Waals surface area contributed by atoms with Gasteiger partial charge in [0.15, 0.2) is 11.4 Å². The van der Waals surface area contributed by atoms with E-state index in [9.17, 15) is 19.8 Å². The lowest BCUT2D eigenvalue weighted by molar-refractivity contribution is -0.875. The predicted molar refractivity (Wildman–Crippen MR) is 89.6 cm³/mol. The van der Waals surface area contributed by atoms with Gasteiger partial charge in [0.2, 0.25) is 0 Å². The van der Waals surface area contributed by atoms with Crippen LogP contribution in [0.25, 0.3) is 0 Å². The molecule has 0 aromatic carbocycles. The van der Waals surface area contributed by atoms with Crippen molar-refractivity contribution in [2.45, 2.75) is 64.9 Å². The number of hydrogen-bond acceptors (Lipinski definition) is 4. The van der Waals surface area contributed by atoms with Crippen molar-refractivity contribution in [1.82, 2.24) is 0 Å². The fourth-order valence-corrected chi connectivity index (χ4v) is 2.90. The summed E-state index contributed by atoms with van der Waals surface area (Å²) in [5.74, 6) is -0.694. The first kappa shape index (κ1) is 22.1. The number of carbonyl (C=O) groups is 2. The van der Waals surface area contributed by atoms with E-state index in [1.165, 1.54) is 6.42 Å². The van der Waals surface area contributed by atoms with Crippen LogP contribution in [0.2, 0.25) is 0 Å². The molecule has 0 saturated heterocycles. The van der Waals surface area contributed by atoms with Crippen molar-refractivity contribution in [1.29, 1.82) is 0 Å². The zero-order valence-electron chi connectivity index (χ0n) is 15.7. The van der Waals surface area contributed by atoms with Crippen LogP contribution in [0, 0.1) is 11.8 Å². The first-order chi connectivity index (χ1) is 10.4. The van der Waals surface area contributed by atoms with E-state index >= 15 is 0 Å². The van der Waals surface area contributed by atoms with E-state index in [1.807, 2.05) is 21.1 Å². The van der Waals surface area contributed by atoms with Crippen LogP contribution >= 0.6 is 0 Å². The average molecular weight is 329 g/mol. The topological polar surface area (TPSA) is 77.4 Å². The summed E-state index contributed by atoms with van der Waals surface area (Å²) in [5, 5.41) is 21.5. The Labute approximate surface area is 141 Å². The Hall–Kier alpha value is -0.940. The number of aliphatic carboxylic acids is 1. The molecule has 0 aromatic rings. The van der Waals surface area contributed by atoms with Gasteiger partial charge < -0.3 is 19.5 Å². The van der Waals surface area contributed by atoms with E-state index in [1.54, 1.807) is 0 Å². The Kier molecular flexibility index (Phi) is 9.00. The summed E-state index contributed by atoms with van der Waals surface area (Å²) in [5.41, 5.74) is -1.84. The summed E-state index contributed by atoms with van der Waals surface area (Å²) in [6, 6.07) is 0. The van der Waals surface area contributed by atoms with Gasteiger partial charge in [-0.1, -0.05) is 40.0 Å². The fourth-order valence-electron chi connectivity index (χ4n) is 2.90. The minimum absolute atomic E-state index is 0.0710. The molecule has 0 aromatic heterocycles. The number of carbonyl (C=O) groups excluding carboxylic acids is 2. The zero-order chi connectivity index (χ0) is 18.3. The SMILES string of the molecule is CC(C)CCCC(C)CCC(=O)C(O)(CC(=O)[O-])C[N+](C)(C)C. The van der Waals surface area contributed by atoms with Crippen LogP contribution in [-0.4, -0.2) is 54.6 Å². The molecule has 0 amide bonds. The summed E-state index contributed by atoms with van der Waals surface area (Å²) >= 11 is 0. The second-order valence-corrected chi connectivity index (χ2v) is 8.42. The van der Waals surface area contributed by atoms with Gasteiger partial charge >= 0.3 is 0 Å². The van der Waals surface area contributed by atoms with Crippen molar-refractivity contribution >= 4 is 11.8 Å². The highest BCUT2D eigenvalue weighted by Crippen LogP contribution is 2.22. The zero-order valence-corrected chi connectivity index (χ0v) is 15.7. The predicted octanol–water partition coefficient (Wildman–Crippen LogP) is 1.38. The molecule has 2 atom stereocenters. The highest BCUT2D eigenvalue weighted by molar-refractivity contribution is 5.90. The third-order valence-corrected chi connectivity index (χ3v) is 4.03. The highest BCUT2D eigenvalue weighted by Gasteiger charge is 2.40. The third kappa shape index (κ3) is 10.4. The first-order valence-electron chi connectivity index (χ1n) is 8.61. The van der Waals surface area contributed by atoms with E-state index in [-0.39, 0.29) is 18.7 Å². The van der Waals surface area contributed by atoms with Gasteiger partial charge in [-0.05, 0) is 18.3 Å². The summed E-state index contributed by atoms with van der Waals surface area (Å²) in [4.78, 5) is 23.3. The van der Waals surface area contributed by atoms with Gasteiger partial charge in [-0.2, -0.15) is 0 Å². The molecule has 0 aliphatic rings. The minimum atomic E-state index is -1.84. The second kappa shape index (κ2) is 9.38. The number of aliphatic hydroxyl groups is 1. The van der Waals surface area contributed by atoms with Crippen molar-refractivity contribution in [3.8, 4) is 0 Å². The summed E-state index contributed by atoms with van der Waals surface area (Å²) in [6.07, 6.45) is 3.63. The summed E-state index contributed by atoms with van der Waals surface area (Å²) in [6.45, 7) is 6.56. The number of likely N-dealkylation sites (N-methyl/N-ethyl adjacent to an activating group) is 1. The van der Waals surface area contributed by atoms with Gasteiger partial charge in [0.1, 0.15) is 6.54 Å². The van der Waals surface area contributed by atoms with Crippen LogP contribution in [0.1, 0.15) is 59.3 Å². The number of ketones is 1. The summed E-state index contributed by atoms with van der Waals surface area (Å²) < 4.78 is 0.319. The minimum Gasteiger partial charge on any atom is -0.550 e. The maximum atomic E-state index is 12.4. The standard InChI is InChI=1S/C18H35NO4/c1-14(2)8-7-9-15(3)10-11-16(20)18(23,12-17(21)22)13-19(4,5)6/h14-15,23H,7-13H2,1-6H3. The van der Waals surface area contributed by atoms with Crippen LogP contribution in [0.4, 0.5) is 0 Å². The molecule has 0 heterocycles. The number of nitrogens with zero attached hydrogens (tertiary/aromatic N) is 1. The molecule has 0 spiro atoms. The van der Waals surface area contributed by atoms with Crippen LogP contribution in [0.3, 0.4) is 0 Å². The normalized spacial score (nSPS) is 16.2. The van der Waals surface area contributed by atoms with E-state index in [0.717, 1.165) is 12.8 Å². The van der Waals surface area contributed by atoms with Crippen molar-refractivity contribution in [3.63, 3.8) is 0 Å². The van der Waals surface area contributed by atoms with E-state index in [0.29, 0.717) is 22.7 Å². The van der Waals surface area contributed by atoms with Crippen LogP contribution in [-0.2, 0) is 9.59 Å². The number of carboxylic acid groups (broad SMARTS) is 1. The Bertz CT molecular complexity index is 387. The molecule has 5 heteroatoms. The molecule has 2 unspecified atom stereocenters. The largest absolute Gasteiger partial charge is 0.550 e. The van der Waals surface area contributed by atoms with Gasteiger partial charge in [-0.15, -0.1) is 0 Å². The van der Waals surface area contributed by atoms with Gasteiger partial charge in [-0.25, -0.2) is 0 Å². The molecular formula is C18H35NO4. The highest BCUT2D eigenvalue weighted by atomic mass is 16.4. The number of quaternary nitrogens is 1. The average Bonchev–Trinajstić information content (AvgIpc) is 2.31. The number of rotatable bonds is 12. The lowest BCUT2D eigenvalue weighted by atomic mass is 9.87.